The van der Waals surface area contributed by atoms with Crippen LogP contribution in [0.4, 0.5) is 14.5 Å². The molecule has 0 aliphatic carbocycles. The molecule has 6 rings (SSSR count). The zero-order chi connectivity index (χ0) is 37.5. The van der Waals surface area contributed by atoms with Gasteiger partial charge in [0.15, 0.2) is 34.6 Å². The van der Waals surface area contributed by atoms with Gasteiger partial charge in [0.05, 0.1) is 48.4 Å². The van der Waals surface area contributed by atoms with Gasteiger partial charge < -0.3 is 33.3 Å². The second kappa shape index (κ2) is 19.6. The van der Waals surface area contributed by atoms with Crippen LogP contribution in [0.2, 0.25) is 0 Å². The molecular weight excluding hydrogens is 751 g/mol. The van der Waals surface area contributed by atoms with E-state index >= 15 is 0 Å². The topological polar surface area (TPSA) is 74.8 Å². The van der Waals surface area contributed by atoms with Gasteiger partial charge in [-0.3, -0.25) is 9.88 Å². The number of hydrogen-bond acceptors (Lipinski definition) is 9. The van der Waals surface area contributed by atoms with Gasteiger partial charge in [0, 0.05) is 55.7 Å². The molecule has 1 fully saturated rings. The van der Waals surface area contributed by atoms with Crippen molar-refractivity contribution in [3.05, 3.63) is 108 Å². The van der Waals surface area contributed by atoms with E-state index in [1.165, 1.54) is 12.1 Å². The van der Waals surface area contributed by atoms with E-state index in [-0.39, 0.29) is 30.9 Å². The van der Waals surface area contributed by atoms with Gasteiger partial charge in [-0.25, -0.2) is 8.78 Å². The van der Waals surface area contributed by atoms with E-state index in [1.807, 2.05) is 48.7 Å². The van der Waals surface area contributed by atoms with Crippen LogP contribution in [0.15, 0.2) is 85.1 Å². The number of ether oxygens (including phenoxy) is 6. The number of aromatic nitrogens is 1. The average Bonchev–Trinajstić information content (AvgIpc) is 3.20. The summed E-state index contributed by atoms with van der Waals surface area (Å²) in [4.78, 5) is 9.24. The summed E-state index contributed by atoms with van der Waals surface area (Å²) < 4.78 is 62.1. The van der Waals surface area contributed by atoms with Crippen LogP contribution in [-0.2, 0) is 13.1 Å². The molecule has 0 radical (unpaired) electrons. The van der Waals surface area contributed by atoms with E-state index in [4.69, 9.17) is 28.4 Å². The van der Waals surface area contributed by atoms with E-state index in [0.29, 0.717) is 46.7 Å². The molecule has 1 aromatic heterocycles. The summed E-state index contributed by atoms with van der Waals surface area (Å²) >= 11 is 0. The number of piperidine rings is 1. The summed E-state index contributed by atoms with van der Waals surface area (Å²) in [5.41, 5.74) is 6.32. The van der Waals surface area contributed by atoms with Gasteiger partial charge in [-0.2, -0.15) is 0 Å². The first kappa shape index (κ1) is 42.8. The molecule has 0 bridgehead atoms. The Labute approximate surface area is 333 Å². The van der Waals surface area contributed by atoms with Crippen LogP contribution in [0.1, 0.15) is 24.0 Å². The lowest BCUT2D eigenvalue weighted by molar-refractivity contribution is 0.201. The van der Waals surface area contributed by atoms with Crippen molar-refractivity contribution in [2.75, 3.05) is 60.6 Å². The largest absolute Gasteiger partial charge is 0.493 e. The monoisotopic (exact) mass is 797 g/mol. The van der Waals surface area contributed by atoms with Crippen LogP contribution in [0, 0.1) is 11.6 Å². The van der Waals surface area contributed by atoms with Crippen LogP contribution in [0.5, 0.6) is 34.5 Å². The van der Waals surface area contributed by atoms with Gasteiger partial charge in [-0.15, -0.1) is 24.8 Å². The second-order valence-electron chi connectivity index (χ2n) is 12.8. The fourth-order valence-corrected chi connectivity index (χ4v) is 7.00. The highest BCUT2D eigenvalue weighted by atomic mass is 35.5. The summed E-state index contributed by atoms with van der Waals surface area (Å²) in [7, 11) is 9.53. The Hall–Kier alpha value is -4.97. The zero-order valence-corrected chi connectivity index (χ0v) is 33.4. The summed E-state index contributed by atoms with van der Waals surface area (Å²) in [6.45, 7) is 2.92. The van der Waals surface area contributed by atoms with Crippen molar-refractivity contribution in [3.63, 3.8) is 0 Å². The van der Waals surface area contributed by atoms with Gasteiger partial charge >= 0.3 is 0 Å². The minimum Gasteiger partial charge on any atom is -0.493 e. The third-order valence-corrected chi connectivity index (χ3v) is 9.70. The molecule has 0 atom stereocenters. The maximum atomic E-state index is 14.6. The lowest BCUT2D eigenvalue weighted by atomic mass is 9.98. The maximum Gasteiger partial charge on any atom is 0.203 e. The Bertz CT molecular complexity index is 2000. The Morgan fingerprint density at radius 1 is 0.618 bits per heavy atom. The number of methoxy groups -OCH3 is 6. The molecule has 2 heterocycles. The summed E-state index contributed by atoms with van der Waals surface area (Å²) in [5.74, 6) is 1.57. The molecule has 1 aliphatic rings. The quantitative estimate of drug-likeness (QED) is 0.109. The fraction of sp³-hybridized carbons (Fsp3) is 0.310. The molecule has 9 nitrogen and oxygen atoms in total. The van der Waals surface area contributed by atoms with Crippen LogP contribution in [-0.4, -0.2) is 71.7 Å². The van der Waals surface area contributed by atoms with E-state index < -0.39 is 11.6 Å². The van der Waals surface area contributed by atoms with E-state index in [9.17, 15) is 8.78 Å². The minimum absolute atomic E-state index is 0. The predicted octanol–water partition coefficient (Wildman–Crippen LogP) is 9.26. The van der Waals surface area contributed by atoms with Gasteiger partial charge in [-0.05, 0) is 89.7 Å². The molecule has 0 spiro atoms. The van der Waals surface area contributed by atoms with Crippen molar-refractivity contribution in [1.82, 2.24) is 9.88 Å². The Kier molecular flexibility index (Phi) is 15.2. The maximum absolute atomic E-state index is 14.6. The first-order valence-electron chi connectivity index (χ1n) is 17.4. The molecule has 1 saturated heterocycles. The third-order valence-electron chi connectivity index (χ3n) is 9.70. The number of pyridine rings is 1. The van der Waals surface area contributed by atoms with Crippen molar-refractivity contribution in [2.45, 2.75) is 32.0 Å². The van der Waals surface area contributed by atoms with Gasteiger partial charge in [0.25, 0.3) is 0 Å². The third kappa shape index (κ3) is 9.65. The molecule has 0 unspecified atom stereocenters. The molecule has 55 heavy (non-hydrogen) atoms. The highest BCUT2D eigenvalue weighted by Gasteiger charge is 2.27. The van der Waals surface area contributed by atoms with Crippen LogP contribution in [0.25, 0.3) is 22.4 Å². The fourth-order valence-electron chi connectivity index (χ4n) is 7.00. The summed E-state index contributed by atoms with van der Waals surface area (Å²) in [6.07, 6.45) is 3.50. The van der Waals surface area contributed by atoms with E-state index in [0.717, 1.165) is 66.0 Å². The van der Waals surface area contributed by atoms with Gasteiger partial charge in [0.2, 0.25) is 11.5 Å². The van der Waals surface area contributed by atoms with E-state index in [1.54, 1.807) is 48.7 Å². The van der Waals surface area contributed by atoms with Crippen LogP contribution < -0.4 is 33.3 Å². The highest BCUT2D eigenvalue weighted by Crippen LogP contribution is 2.42. The number of rotatable bonds is 14. The smallest absolute Gasteiger partial charge is 0.203 e. The molecule has 5 aromatic rings. The Morgan fingerprint density at radius 3 is 1.75 bits per heavy atom. The van der Waals surface area contributed by atoms with Gasteiger partial charge in [-0.1, -0.05) is 18.2 Å². The SMILES string of the molecule is COc1cc(-c2cccc(CN(c3ccc(F)c(F)c3)C3CCN(Cc4ccnc(-c5cc(OC)c(OC)c(OC)c5)c4)CC3)c2)cc(OC)c1OC.Cl.Cl. The number of benzene rings is 4. The molecule has 1 aliphatic heterocycles. The number of likely N-dealkylation sites (tertiary alicyclic amines) is 1. The molecular formula is C42H47Cl2F2N3O6. The zero-order valence-electron chi connectivity index (χ0n) is 31.8. The highest BCUT2D eigenvalue weighted by molar-refractivity contribution is 5.85. The first-order chi connectivity index (χ1) is 25.8. The van der Waals surface area contributed by atoms with Crippen molar-refractivity contribution in [3.8, 4) is 56.9 Å². The van der Waals surface area contributed by atoms with Crippen molar-refractivity contribution in [2.24, 2.45) is 0 Å². The van der Waals surface area contributed by atoms with E-state index in [2.05, 4.69) is 33.0 Å². The van der Waals surface area contributed by atoms with Gasteiger partial charge in [0.1, 0.15) is 0 Å². The predicted molar refractivity (Wildman–Crippen MR) is 216 cm³/mol. The number of hydrogen-bond donors (Lipinski definition) is 0. The molecule has 13 heteroatoms. The molecule has 0 saturated carbocycles. The lowest BCUT2D eigenvalue weighted by Crippen LogP contribution is -2.44. The summed E-state index contributed by atoms with van der Waals surface area (Å²) in [6, 6.07) is 24.2. The van der Waals surface area contributed by atoms with Crippen molar-refractivity contribution < 1.29 is 37.2 Å². The number of nitrogens with zero attached hydrogens (tertiary/aromatic N) is 3. The van der Waals surface area contributed by atoms with Crippen molar-refractivity contribution >= 4 is 30.5 Å². The van der Waals surface area contributed by atoms with Crippen molar-refractivity contribution in [1.29, 1.82) is 0 Å². The standard InChI is InChI=1S/C42H45F2N3O6.2ClH/c1-48-37-20-30(21-38(49-2)41(37)52-5)29-9-7-8-27(18-29)26-47(33-10-11-34(43)35(44)24-33)32-13-16-46(17-14-32)25-28-12-15-45-36(19-28)31-22-39(50-3)42(53-6)40(23-31)51-4;;/h7-12,15,18-24,32H,13-14,16-17,25-26H2,1-6H3;2*1H. The second-order valence-corrected chi connectivity index (χ2v) is 12.8. The number of halogens is 4. The first-order valence-corrected chi connectivity index (χ1v) is 17.4. The average molecular weight is 799 g/mol. The molecule has 0 N–H and O–H groups in total. The number of anilines is 1. The summed E-state index contributed by atoms with van der Waals surface area (Å²) in [5, 5.41) is 0. The molecule has 4 aromatic carbocycles. The lowest BCUT2D eigenvalue weighted by Gasteiger charge is -2.40. The van der Waals surface area contributed by atoms with Crippen LogP contribution in [0.3, 0.4) is 0 Å². The molecule has 0 amide bonds. The molecule has 294 valence electrons. The minimum atomic E-state index is -0.865. The Balaban J connectivity index is 0.00000336. The normalized spacial score (nSPS) is 12.9. The Morgan fingerprint density at radius 2 is 1.20 bits per heavy atom. The van der Waals surface area contributed by atoms with Crippen LogP contribution >= 0.6 is 24.8 Å².